The second kappa shape index (κ2) is 12.2. The van der Waals surface area contributed by atoms with Gasteiger partial charge in [0, 0.05) is 42.3 Å². The molecule has 0 radical (unpaired) electrons. The molecular weight excluding hydrogens is 438 g/mol. The smallest absolute Gasteiger partial charge is 0.407 e. The normalized spacial score (nSPS) is 11.6. The maximum Gasteiger partial charge on any atom is 0.407 e. The number of anilines is 1. The SMILES string of the molecule is CCN(CC)c1ccc(/C=C/c2ccc3ccccc3n2)c(OCCCNC(=O)OC(C)(C)C)c1. The number of nitrogens with zero attached hydrogens (tertiary/aromatic N) is 2. The molecule has 0 spiro atoms. The molecule has 186 valence electrons. The zero-order valence-corrected chi connectivity index (χ0v) is 21.5. The molecular formula is C29H37N3O3. The van der Waals surface area contributed by atoms with E-state index in [2.05, 4.69) is 54.4 Å². The number of para-hydroxylation sites is 1. The molecule has 0 aliphatic carbocycles. The number of aromatic nitrogens is 1. The summed E-state index contributed by atoms with van der Waals surface area (Å²) in [6.07, 6.45) is 4.31. The predicted molar refractivity (Wildman–Crippen MR) is 145 cm³/mol. The first-order valence-corrected chi connectivity index (χ1v) is 12.3. The molecule has 1 heterocycles. The van der Waals surface area contributed by atoms with Crippen LogP contribution in [0, 0.1) is 0 Å². The molecule has 1 N–H and O–H groups in total. The van der Waals surface area contributed by atoms with Gasteiger partial charge >= 0.3 is 6.09 Å². The third-order valence-electron chi connectivity index (χ3n) is 5.43. The summed E-state index contributed by atoms with van der Waals surface area (Å²) in [6, 6.07) is 18.5. The first-order valence-electron chi connectivity index (χ1n) is 12.3. The van der Waals surface area contributed by atoms with Crippen LogP contribution in [0.15, 0.2) is 54.6 Å². The van der Waals surface area contributed by atoms with Crippen LogP contribution in [-0.4, -0.2) is 42.9 Å². The van der Waals surface area contributed by atoms with E-state index < -0.39 is 11.7 Å². The Hall–Kier alpha value is -3.54. The number of hydrogen-bond acceptors (Lipinski definition) is 5. The molecule has 6 heteroatoms. The van der Waals surface area contributed by atoms with E-state index in [-0.39, 0.29) is 0 Å². The number of pyridine rings is 1. The summed E-state index contributed by atoms with van der Waals surface area (Å²) in [6.45, 7) is 12.6. The van der Waals surface area contributed by atoms with Crippen molar-refractivity contribution >= 4 is 34.8 Å². The fraction of sp³-hybridized carbons (Fsp3) is 0.379. The standard InChI is InChI=1S/C29H37N3O3/c1-6-32(7-2)25-18-15-23(14-17-24-16-13-22-11-8-9-12-26(22)31-24)27(21-25)34-20-10-19-30-28(33)35-29(3,4)5/h8-9,11-18,21H,6-7,10,19-20H2,1-5H3,(H,30,33)/b17-14+. The third kappa shape index (κ3) is 8.02. The van der Waals surface area contributed by atoms with E-state index in [0.717, 1.165) is 46.7 Å². The van der Waals surface area contributed by atoms with E-state index in [4.69, 9.17) is 14.5 Å². The predicted octanol–water partition coefficient (Wildman–Crippen LogP) is 6.55. The van der Waals surface area contributed by atoms with Crippen LogP contribution in [0.1, 0.15) is 52.3 Å². The van der Waals surface area contributed by atoms with E-state index in [9.17, 15) is 4.79 Å². The van der Waals surface area contributed by atoms with Crippen LogP contribution in [0.3, 0.4) is 0 Å². The second-order valence-corrected chi connectivity index (χ2v) is 9.29. The van der Waals surface area contributed by atoms with E-state index >= 15 is 0 Å². The fourth-order valence-electron chi connectivity index (χ4n) is 3.68. The number of carbonyl (C=O) groups is 1. The van der Waals surface area contributed by atoms with Crippen molar-refractivity contribution in [3.05, 3.63) is 65.9 Å². The van der Waals surface area contributed by atoms with Gasteiger partial charge in [0.05, 0.1) is 17.8 Å². The molecule has 3 aromatic rings. The average molecular weight is 476 g/mol. The first kappa shape index (κ1) is 26.1. The topological polar surface area (TPSA) is 63.7 Å². The van der Waals surface area contributed by atoms with Crippen molar-refractivity contribution in [2.24, 2.45) is 0 Å². The second-order valence-electron chi connectivity index (χ2n) is 9.29. The van der Waals surface area contributed by atoms with Gasteiger partial charge in [0.1, 0.15) is 11.4 Å². The van der Waals surface area contributed by atoms with Crippen molar-refractivity contribution in [3.63, 3.8) is 0 Å². The van der Waals surface area contributed by atoms with Gasteiger partial charge in [-0.05, 0) is 77.5 Å². The van der Waals surface area contributed by atoms with Crippen LogP contribution in [0.2, 0.25) is 0 Å². The van der Waals surface area contributed by atoms with E-state index in [1.165, 1.54) is 0 Å². The molecule has 35 heavy (non-hydrogen) atoms. The molecule has 1 aromatic heterocycles. The molecule has 1 amide bonds. The zero-order valence-electron chi connectivity index (χ0n) is 21.5. The highest BCUT2D eigenvalue weighted by molar-refractivity contribution is 5.81. The molecule has 6 nitrogen and oxygen atoms in total. The van der Waals surface area contributed by atoms with Crippen LogP contribution < -0.4 is 15.0 Å². The molecule has 0 aliphatic rings. The maximum atomic E-state index is 11.8. The van der Waals surface area contributed by atoms with E-state index in [1.807, 2.05) is 57.2 Å². The van der Waals surface area contributed by atoms with Gasteiger partial charge in [0.25, 0.3) is 0 Å². The number of alkyl carbamates (subject to hydrolysis) is 1. The van der Waals surface area contributed by atoms with Gasteiger partial charge in [0.15, 0.2) is 0 Å². The molecule has 0 fully saturated rings. The highest BCUT2D eigenvalue weighted by Crippen LogP contribution is 2.28. The Morgan fingerprint density at radius 3 is 2.54 bits per heavy atom. The number of ether oxygens (including phenoxy) is 2. The monoisotopic (exact) mass is 475 g/mol. The molecule has 0 saturated heterocycles. The molecule has 0 bridgehead atoms. The van der Waals surface area contributed by atoms with Crippen molar-refractivity contribution in [2.75, 3.05) is 31.1 Å². The summed E-state index contributed by atoms with van der Waals surface area (Å²) >= 11 is 0. The Morgan fingerprint density at radius 1 is 1.03 bits per heavy atom. The minimum atomic E-state index is -0.507. The quantitative estimate of drug-likeness (QED) is 0.337. The van der Waals surface area contributed by atoms with Gasteiger partial charge in [-0.1, -0.05) is 24.3 Å². The van der Waals surface area contributed by atoms with E-state index in [0.29, 0.717) is 19.6 Å². The van der Waals surface area contributed by atoms with Crippen molar-refractivity contribution < 1.29 is 14.3 Å². The number of fused-ring (bicyclic) bond motifs is 1. The molecule has 3 rings (SSSR count). The average Bonchev–Trinajstić information content (AvgIpc) is 2.82. The highest BCUT2D eigenvalue weighted by Gasteiger charge is 2.15. The van der Waals surface area contributed by atoms with Crippen molar-refractivity contribution in [1.29, 1.82) is 0 Å². The summed E-state index contributed by atoms with van der Waals surface area (Å²) < 4.78 is 11.4. The molecule has 2 aromatic carbocycles. The lowest BCUT2D eigenvalue weighted by Gasteiger charge is -2.22. The molecule has 0 unspecified atom stereocenters. The lowest BCUT2D eigenvalue weighted by molar-refractivity contribution is 0.0525. The van der Waals surface area contributed by atoms with Crippen LogP contribution in [0.4, 0.5) is 10.5 Å². The number of carbonyl (C=O) groups excluding carboxylic acids is 1. The van der Waals surface area contributed by atoms with E-state index in [1.54, 1.807) is 0 Å². The molecule has 0 aliphatic heterocycles. The summed E-state index contributed by atoms with van der Waals surface area (Å²) in [5, 5.41) is 3.90. The summed E-state index contributed by atoms with van der Waals surface area (Å²) in [4.78, 5) is 18.9. The Balaban J connectivity index is 1.70. The maximum absolute atomic E-state index is 11.8. The Kier molecular flexibility index (Phi) is 9.12. The van der Waals surface area contributed by atoms with Gasteiger partial charge in [0.2, 0.25) is 0 Å². The molecule has 0 saturated carbocycles. The number of benzene rings is 2. The zero-order chi connectivity index (χ0) is 25.3. The highest BCUT2D eigenvalue weighted by atomic mass is 16.6. The van der Waals surface area contributed by atoms with Gasteiger partial charge in [-0.25, -0.2) is 9.78 Å². The minimum absolute atomic E-state index is 0.410. The minimum Gasteiger partial charge on any atom is -0.493 e. The largest absolute Gasteiger partial charge is 0.493 e. The van der Waals surface area contributed by atoms with Crippen LogP contribution in [-0.2, 0) is 4.74 Å². The Bertz CT molecular complexity index is 1150. The fourth-order valence-corrected chi connectivity index (χ4v) is 3.68. The van der Waals surface area contributed by atoms with Crippen molar-refractivity contribution in [2.45, 2.75) is 46.6 Å². The number of hydrogen-bond donors (Lipinski definition) is 1. The first-order chi connectivity index (χ1) is 16.8. The summed E-state index contributed by atoms with van der Waals surface area (Å²) in [5.74, 6) is 0.809. The number of nitrogens with one attached hydrogen (secondary N) is 1. The van der Waals surface area contributed by atoms with Gasteiger partial charge < -0.3 is 19.7 Å². The lowest BCUT2D eigenvalue weighted by Crippen LogP contribution is -2.33. The van der Waals surface area contributed by atoms with Crippen LogP contribution in [0.25, 0.3) is 23.1 Å². The van der Waals surface area contributed by atoms with Gasteiger partial charge in [-0.2, -0.15) is 0 Å². The summed E-state index contributed by atoms with van der Waals surface area (Å²) in [5.41, 5.74) is 3.46. The van der Waals surface area contributed by atoms with Crippen molar-refractivity contribution in [3.8, 4) is 5.75 Å². The number of rotatable bonds is 10. The van der Waals surface area contributed by atoms with Gasteiger partial charge in [-0.3, -0.25) is 0 Å². The third-order valence-corrected chi connectivity index (χ3v) is 5.43. The Labute approximate surface area is 209 Å². The van der Waals surface area contributed by atoms with Crippen molar-refractivity contribution in [1.82, 2.24) is 10.3 Å². The lowest BCUT2D eigenvalue weighted by atomic mass is 10.1. The number of amides is 1. The van der Waals surface area contributed by atoms with Gasteiger partial charge in [-0.15, -0.1) is 0 Å². The van der Waals surface area contributed by atoms with Crippen LogP contribution >= 0.6 is 0 Å². The van der Waals surface area contributed by atoms with Crippen LogP contribution in [0.5, 0.6) is 5.75 Å². The summed E-state index contributed by atoms with van der Waals surface area (Å²) in [7, 11) is 0. The Morgan fingerprint density at radius 2 is 1.80 bits per heavy atom. The molecule has 0 atom stereocenters.